The topological polar surface area (TPSA) is 0 Å². The third-order valence-corrected chi connectivity index (χ3v) is 3.56. The fourth-order valence-electron chi connectivity index (χ4n) is 1.53. The molecule has 0 bridgehead atoms. The molecule has 1 heteroatoms. The Hall–Kier alpha value is -1.20. The average Bonchev–Trinajstić information content (AvgIpc) is 2.41. The van der Waals surface area contributed by atoms with E-state index < -0.39 is 0 Å². The molecule has 0 spiro atoms. The Balaban J connectivity index is 2.09. The molecule has 0 atom stereocenters. The Labute approximate surface area is 118 Å². The van der Waals surface area contributed by atoms with Gasteiger partial charge in [-0.2, -0.15) is 0 Å². The molecule has 0 nitrogen and oxygen atoms in total. The van der Waals surface area contributed by atoms with Crippen LogP contribution in [0.2, 0.25) is 0 Å². The van der Waals surface area contributed by atoms with Gasteiger partial charge in [-0.15, -0.1) is 0 Å². The maximum absolute atomic E-state index is 2.18. The molecule has 0 aliphatic rings. The summed E-state index contributed by atoms with van der Waals surface area (Å²) < 4.78 is 1.37. The van der Waals surface area contributed by atoms with E-state index in [0.717, 1.165) is 0 Å². The molecule has 0 aliphatic heterocycles. The molecule has 2 aromatic rings. The fourth-order valence-corrected chi connectivity index (χ4v) is 2.18. The van der Waals surface area contributed by atoms with Crippen molar-refractivity contribution in [2.75, 3.05) is 0 Å². The van der Waals surface area contributed by atoms with E-state index in [0.29, 0.717) is 0 Å². The van der Waals surface area contributed by atoms with Crippen LogP contribution in [0.3, 0.4) is 0 Å². The van der Waals surface area contributed by atoms with E-state index in [2.05, 4.69) is 66.8 Å². The minimum atomic E-state index is 1.24. The summed E-state index contributed by atoms with van der Waals surface area (Å²) in [7, 11) is 0. The van der Waals surface area contributed by atoms with Crippen molar-refractivity contribution in [3.8, 4) is 0 Å². The molecule has 0 radical (unpaired) electrons. The summed E-state index contributed by atoms with van der Waals surface area (Å²) in [6, 6.07) is 20.9. The van der Waals surface area contributed by atoms with Crippen molar-refractivity contribution in [1.29, 1.82) is 0 Å². The van der Waals surface area contributed by atoms with Crippen molar-refractivity contribution in [3.63, 3.8) is 0 Å². The maximum atomic E-state index is 2.18. The normalized spacial score (nSPS) is 11.8. The predicted octanol–water partition coefficient (Wildman–Crippen LogP) is 4.29. The second kappa shape index (κ2) is 6.52. The van der Waals surface area contributed by atoms with Crippen LogP contribution in [0.4, 0.5) is 0 Å². The van der Waals surface area contributed by atoms with E-state index >= 15 is 0 Å². The van der Waals surface area contributed by atoms with Gasteiger partial charge in [0, 0.05) is 0 Å². The molecule has 2 aromatic carbocycles. The monoisotopic (exact) mass is 295 g/mol. The number of hydrogen-bond acceptors (Lipinski definition) is 0. The van der Waals surface area contributed by atoms with Gasteiger partial charge < -0.3 is 0 Å². The standard InChI is InChI=1S/C16H13.Zr/c1-3-9-15(10-4-1)13-7-8-14-16-11-5-2-6-12-16;/h1-13H;. The number of hydrogen-bond donors (Lipinski definition) is 0. The summed E-state index contributed by atoms with van der Waals surface area (Å²) in [5, 5.41) is 0. The van der Waals surface area contributed by atoms with E-state index in [-0.39, 0.29) is 0 Å². The van der Waals surface area contributed by atoms with Gasteiger partial charge in [0.15, 0.2) is 0 Å². The summed E-state index contributed by atoms with van der Waals surface area (Å²) in [6.45, 7) is 0. The summed E-state index contributed by atoms with van der Waals surface area (Å²) in [5.74, 6) is 0. The Bertz CT molecular complexity index is 510. The molecule has 17 heavy (non-hydrogen) atoms. The van der Waals surface area contributed by atoms with Gasteiger partial charge in [0.25, 0.3) is 0 Å². The Kier molecular flexibility index (Phi) is 4.70. The molecule has 0 aliphatic carbocycles. The molecule has 0 saturated heterocycles. The summed E-state index contributed by atoms with van der Waals surface area (Å²) in [4.78, 5) is 0. The second-order valence-corrected chi connectivity index (χ2v) is 5.04. The van der Waals surface area contributed by atoms with E-state index in [4.69, 9.17) is 0 Å². The zero-order valence-electron chi connectivity index (χ0n) is 9.51. The summed E-state index contributed by atoms with van der Waals surface area (Å²) in [6.07, 6.45) is 6.43. The van der Waals surface area contributed by atoms with Gasteiger partial charge in [-0.25, -0.2) is 0 Å². The molecule has 0 aromatic heterocycles. The third-order valence-electron chi connectivity index (χ3n) is 2.44. The third kappa shape index (κ3) is 3.94. The van der Waals surface area contributed by atoms with Crippen molar-refractivity contribution in [2.24, 2.45) is 0 Å². The van der Waals surface area contributed by atoms with Crippen LogP contribution in [0.25, 0.3) is 9.36 Å². The molecule has 0 saturated carbocycles. The Morgan fingerprint density at radius 2 is 1.41 bits per heavy atom. The van der Waals surface area contributed by atoms with Gasteiger partial charge in [0.1, 0.15) is 0 Å². The van der Waals surface area contributed by atoms with E-state index in [9.17, 15) is 0 Å². The average molecular weight is 297 g/mol. The van der Waals surface area contributed by atoms with Crippen LogP contribution in [0.15, 0.2) is 72.8 Å². The molecule has 81 valence electrons. The fraction of sp³-hybridized carbons (Fsp3) is 0. The Morgan fingerprint density at radius 3 is 2.06 bits per heavy atom. The SMILES string of the molecule is [Zr][C](=CC=Cc1ccccc1)c1ccccc1. The minimum absolute atomic E-state index is 1.24. The first-order chi connectivity index (χ1) is 8.36. The molecular formula is C16H13Zr. The first-order valence-corrected chi connectivity index (χ1v) is 6.79. The van der Waals surface area contributed by atoms with Crippen LogP contribution >= 0.6 is 0 Å². The van der Waals surface area contributed by atoms with Crippen LogP contribution in [-0.2, 0) is 24.7 Å². The zero-order valence-corrected chi connectivity index (χ0v) is 12.0. The van der Waals surface area contributed by atoms with Gasteiger partial charge >= 0.3 is 118 Å². The van der Waals surface area contributed by atoms with Gasteiger partial charge in [0.2, 0.25) is 0 Å². The molecular weight excluding hydrogens is 283 g/mol. The Morgan fingerprint density at radius 1 is 0.824 bits per heavy atom. The number of rotatable bonds is 3. The zero-order chi connectivity index (χ0) is 11.9. The molecule has 2 rings (SSSR count). The van der Waals surface area contributed by atoms with E-state index in [1.54, 1.807) is 0 Å². The van der Waals surface area contributed by atoms with E-state index in [1.807, 2.05) is 12.1 Å². The van der Waals surface area contributed by atoms with Crippen molar-refractivity contribution < 1.29 is 24.7 Å². The number of allylic oxidation sites excluding steroid dienone is 2. The van der Waals surface area contributed by atoms with Crippen LogP contribution in [-0.4, -0.2) is 0 Å². The van der Waals surface area contributed by atoms with Crippen molar-refractivity contribution in [2.45, 2.75) is 0 Å². The first kappa shape index (κ1) is 12.3. The van der Waals surface area contributed by atoms with Crippen LogP contribution in [0.5, 0.6) is 0 Å². The molecule has 0 amide bonds. The molecule has 0 heterocycles. The second-order valence-electron chi connectivity index (χ2n) is 3.72. The summed E-state index contributed by atoms with van der Waals surface area (Å²) >= 11 is 1.44. The molecule has 0 fully saturated rings. The van der Waals surface area contributed by atoms with Crippen molar-refractivity contribution in [1.82, 2.24) is 0 Å². The molecule has 0 unspecified atom stereocenters. The van der Waals surface area contributed by atoms with Crippen LogP contribution < -0.4 is 0 Å². The van der Waals surface area contributed by atoms with Crippen molar-refractivity contribution >= 4 is 9.36 Å². The summed E-state index contributed by atoms with van der Waals surface area (Å²) in [5.41, 5.74) is 2.55. The van der Waals surface area contributed by atoms with Crippen LogP contribution in [0, 0.1) is 0 Å². The quantitative estimate of drug-likeness (QED) is 0.741. The van der Waals surface area contributed by atoms with Crippen molar-refractivity contribution in [3.05, 3.63) is 83.9 Å². The molecule has 0 N–H and O–H groups in total. The van der Waals surface area contributed by atoms with Crippen LogP contribution in [0.1, 0.15) is 11.1 Å². The van der Waals surface area contributed by atoms with Gasteiger partial charge in [0.05, 0.1) is 0 Å². The van der Waals surface area contributed by atoms with E-state index in [1.165, 1.54) is 39.1 Å². The van der Waals surface area contributed by atoms with Gasteiger partial charge in [-0.05, 0) is 0 Å². The number of benzene rings is 2. The van der Waals surface area contributed by atoms with Gasteiger partial charge in [-0.3, -0.25) is 0 Å². The first-order valence-electron chi connectivity index (χ1n) is 5.57. The predicted molar refractivity (Wildman–Crippen MR) is 69.9 cm³/mol. The van der Waals surface area contributed by atoms with Gasteiger partial charge in [-0.1, -0.05) is 0 Å².